The van der Waals surface area contributed by atoms with Gasteiger partial charge in [-0.2, -0.15) is 5.10 Å². The number of piperidine rings is 1. The average Bonchev–Trinajstić information content (AvgIpc) is 3.27. The number of likely N-dealkylation sites (tertiary alicyclic amines) is 1. The van der Waals surface area contributed by atoms with E-state index in [0.29, 0.717) is 26.2 Å². The molecule has 1 amide bonds. The Hall–Kier alpha value is -2.96. The smallest absolute Gasteiger partial charge is 0.253 e. The molecule has 0 atom stereocenters. The first-order chi connectivity index (χ1) is 15.2. The van der Waals surface area contributed by atoms with Crippen LogP contribution in [0.15, 0.2) is 60.8 Å². The Morgan fingerprint density at radius 3 is 2.52 bits per heavy atom. The summed E-state index contributed by atoms with van der Waals surface area (Å²) in [5, 5.41) is 4.93. The van der Waals surface area contributed by atoms with E-state index >= 15 is 0 Å². The van der Waals surface area contributed by atoms with E-state index < -0.39 is 5.60 Å². The van der Waals surface area contributed by atoms with Crippen molar-refractivity contribution in [3.63, 3.8) is 0 Å². The lowest BCUT2D eigenvalue weighted by Gasteiger charge is -2.43. The SMILES string of the molecule is NCCc1ccc(C(=O)N2CCC3(CC2)OCCc2cn(-c4ccccc4)nc23)cc1. The normalized spacial score (nSPS) is 17.5. The molecule has 1 spiro atoms. The van der Waals surface area contributed by atoms with Gasteiger partial charge >= 0.3 is 0 Å². The lowest BCUT2D eigenvalue weighted by molar-refractivity contribution is -0.0963. The fourth-order valence-corrected chi connectivity index (χ4v) is 4.73. The first-order valence-electron chi connectivity index (χ1n) is 11.1. The van der Waals surface area contributed by atoms with E-state index in [1.54, 1.807) is 0 Å². The molecule has 31 heavy (non-hydrogen) atoms. The van der Waals surface area contributed by atoms with Crippen molar-refractivity contribution in [3.8, 4) is 5.69 Å². The van der Waals surface area contributed by atoms with Crippen LogP contribution in [-0.4, -0.2) is 46.8 Å². The molecule has 2 aromatic carbocycles. The zero-order chi connectivity index (χ0) is 21.3. The van der Waals surface area contributed by atoms with Crippen molar-refractivity contribution >= 4 is 5.91 Å². The van der Waals surface area contributed by atoms with E-state index in [0.717, 1.165) is 48.2 Å². The molecule has 0 bridgehead atoms. The number of para-hydroxylation sites is 1. The maximum absolute atomic E-state index is 13.0. The highest BCUT2D eigenvalue weighted by molar-refractivity contribution is 5.94. The Bertz CT molecular complexity index is 1050. The molecule has 0 radical (unpaired) electrons. The monoisotopic (exact) mass is 416 g/mol. The quantitative estimate of drug-likeness (QED) is 0.709. The fraction of sp³-hybridized carbons (Fsp3) is 0.360. The lowest BCUT2D eigenvalue weighted by Crippen LogP contribution is -2.48. The minimum Gasteiger partial charge on any atom is -0.368 e. The summed E-state index contributed by atoms with van der Waals surface area (Å²) in [6.45, 7) is 2.65. The molecule has 0 saturated carbocycles. The second-order valence-corrected chi connectivity index (χ2v) is 8.40. The van der Waals surface area contributed by atoms with E-state index in [9.17, 15) is 4.79 Å². The van der Waals surface area contributed by atoms with Gasteiger partial charge in [-0.05, 0) is 67.6 Å². The fourth-order valence-electron chi connectivity index (χ4n) is 4.73. The number of amides is 1. The molecule has 0 aliphatic carbocycles. The summed E-state index contributed by atoms with van der Waals surface area (Å²) in [6, 6.07) is 18.0. The van der Waals surface area contributed by atoms with Gasteiger partial charge in [0.25, 0.3) is 5.91 Å². The number of hydrogen-bond acceptors (Lipinski definition) is 4. The third kappa shape index (κ3) is 3.77. The van der Waals surface area contributed by atoms with Crippen LogP contribution in [0.2, 0.25) is 0 Å². The number of benzene rings is 2. The summed E-state index contributed by atoms with van der Waals surface area (Å²) < 4.78 is 8.29. The zero-order valence-electron chi connectivity index (χ0n) is 17.7. The molecule has 2 aliphatic rings. The Balaban J connectivity index is 1.32. The van der Waals surface area contributed by atoms with Crippen LogP contribution in [0, 0.1) is 0 Å². The molecule has 2 aliphatic heterocycles. The number of nitrogens with zero attached hydrogens (tertiary/aromatic N) is 3. The standard InChI is InChI=1S/C25H28N4O2/c26-14-10-19-6-8-20(9-7-19)24(30)28-15-12-25(13-16-28)23-21(11-17-31-25)18-29(27-23)22-4-2-1-3-5-22/h1-9,18H,10-17,26H2. The van der Waals surface area contributed by atoms with Crippen molar-refractivity contribution in [1.82, 2.24) is 14.7 Å². The van der Waals surface area contributed by atoms with Gasteiger partial charge in [0.2, 0.25) is 0 Å². The maximum Gasteiger partial charge on any atom is 0.253 e. The third-order valence-corrected chi connectivity index (χ3v) is 6.48. The largest absolute Gasteiger partial charge is 0.368 e. The number of carbonyl (C=O) groups is 1. The Morgan fingerprint density at radius 1 is 1.06 bits per heavy atom. The van der Waals surface area contributed by atoms with Crippen LogP contribution < -0.4 is 5.73 Å². The molecular weight excluding hydrogens is 388 g/mol. The van der Waals surface area contributed by atoms with Crippen LogP contribution in [0.25, 0.3) is 5.69 Å². The van der Waals surface area contributed by atoms with Crippen molar-refractivity contribution in [2.24, 2.45) is 5.73 Å². The van der Waals surface area contributed by atoms with E-state index in [4.69, 9.17) is 15.6 Å². The van der Waals surface area contributed by atoms with Gasteiger partial charge in [0.1, 0.15) is 5.60 Å². The predicted octanol–water partition coefficient (Wildman–Crippen LogP) is 3.08. The van der Waals surface area contributed by atoms with Gasteiger partial charge in [-0.15, -0.1) is 0 Å². The van der Waals surface area contributed by atoms with Crippen molar-refractivity contribution in [3.05, 3.63) is 83.2 Å². The number of ether oxygens (including phenoxy) is 1. The Kier molecular flexibility index (Phi) is 5.34. The summed E-state index contributed by atoms with van der Waals surface area (Å²) in [6.07, 6.45) is 5.37. The Morgan fingerprint density at radius 2 is 1.81 bits per heavy atom. The molecule has 1 saturated heterocycles. The summed E-state index contributed by atoms with van der Waals surface area (Å²) in [5.41, 5.74) is 10.5. The molecule has 6 nitrogen and oxygen atoms in total. The average molecular weight is 417 g/mol. The van der Waals surface area contributed by atoms with E-state index in [2.05, 4.69) is 18.3 Å². The van der Waals surface area contributed by atoms with Gasteiger partial charge in [-0.25, -0.2) is 4.68 Å². The molecule has 6 heteroatoms. The summed E-state index contributed by atoms with van der Waals surface area (Å²) in [5.74, 6) is 0.0833. The first-order valence-corrected chi connectivity index (χ1v) is 11.1. The van der Waals surface area contributed by atoms with Gasteiger partial charge in [0.05, 0.1) is 18.0 Å². The van der Waals surface area contributed by atoms with Crippen LogP contribution in [0.4, 0.5) is 0 Å². The third-order valence-electron chi connectivity index (χ3n) is 6.48. The summed E-state index contributed by atoms with van der Waals surface area (Å²) in [7, 11) is 0. The molecule has 3 aromatic rings. The van der Waals surface area contributed by atoms with Gasteiger partial charge in [0, 0.05) is 24.8 Å². The molecule has 160 valence electrons. The molecular formula is C25H28N4O2. The molecule has 2 N–H and O–H groups in total. The van der Waals surface area contributed by atoms with E-state index in [1.807, 2.05) is 52.0 Å². The van der Waals surface area contributed by atoms with Crippen molar-refractivity contribution < 1.29 is 9.53 Å². The van der Waals surface area contributed by atoms with Gasteiger partial charge in [-0.1, -0.05) is 30.3 Å². The zero-order valence-corrected chi connectivity index (χ0v) is 17.7. The van der Waals surface area contributed by atoms with Crippen molar-refractivity contribution in [2.75, 3.05) is 26.2 Å². The Labute approximate surface area is 182 Å². The number of hydrogen-bond donors (Lipinski definition) is 1. The van der Waals surface area contributed by atoms with E-state index in [-0.39, 0.29) is 5.91 Å². The van der Waals surface area contributed by atoms with Crippen LogP contribution >= 0.6 is 0 Å². The van der Waals surface area contributed by atoms with Crippen LogP contribution in [0.3, 0.4) is 0 Å². The second-order valence-electron chi connectivity index (χ2n) is 8.40. The summed E-state index contributed by atoms with van der Waals surface area (Å²) in [4.78, 5) is 15.0. The first kappa shape index (κ1) is 20.0. The highest BCUT2D eigenvalue weighted by Crippen LogP contribution is 2.41. The van der Waals surface area contributed by atoms with Crippen LogP contribution in [-0.2, 0) is 23.2 Å². The van der Waals surface area contributed by atoms with Crippen LogP contribution in [0.1, 0.15) is 40.0 Å². The number of aromatic nitrogens is 2. The van der Waals surface area contributed by atoms with Crippen molar-refractivity contribution in [1.29, 1.82) is 0 Å². The second kappa shape index (κ2) is 8.29. The minimum absolute atomic E-state index is 0.0833. The number of carbonyl (C=O) groups excluding carboxylic acids is 1. The van der Waals surface area contributed by atoms with Gasteiger partial charge in [-0.3, -0.25) is 4.79 Å². The molecule has 1 aromatic heterocycles. The van der Waals surface area contributed by atoms with Crippen LogP contribution in [0.5, 0.6) is 0 Å². The lowest BCUT2D eigenvalue weighted by atomic mass is 9.83. The van der Waals surface area contributed by atoms with E-state index in [1.165, 1.54) is 5.56 Å². The predicted molar refractivity (Wildman–Crippen MR) is 119 cm³/mol. The minimum atomic E-state index is -0.393. The maximum atomic E-state index is 13.0. The van der Waals surface area contributed by atoms with Gasteiger partial charge in [0.15, 0.2) is 0 Å². The number of nitrogens with two attached hydrogens (primary N) is 1. The van der Waals surface area contributed by atoms with Crippen molar-refractivity contribution in [2.45, 2.75) is 31.3 Å². The van der Waals surface area contributed by atoms with Gasteiger partial charge < -0.3 is 15.4 Å². The molecule has 5 rings (SSSR count). The highest BCUT2D eigenvalue weighted by atomic mass is 16.5. The highest BCUT2D eigenvalue weighted by Gasteiger charge is 2.44. The topological polar surface area (TPSA) is 73.4 Å². The number of fused-ring (bicyclic) bond motifs is 2. The molecule has 3 heterocycles. The molecule has 1 fully saturated rings. The summed E-state index contributed by atoms with van der Waals surface area (Å²) >= 11 is 0. The number of rotatable bonds is 4. The molecule has 0 unspecified atom stereocenters.